The highest BCUT2D eigenvalue weighted by Crippen LogP contribution is 2.22. The van der Waals surface area contributed by atoms with E-state index in [9.17, 15) is 0 Å². The van der Waals surface area contributed by atoms with Crippen molar-refractivity contribution in [1.29, 1.82) is 0 Å². The number of hydrogen-bond donors (Lipinski definition) is 0. The smallest absolute Gasteiger partial charge is 0.0836 e. The topological polar surface area (TPSA) is 12.5 Å². The van der Waals surface area contributed by atoms with E-state index < -0.39 is 0 Å². The van der Waals surface area contributed by atoms with E-state index in [1.807, 2.05) is 0 Å². The summed E-state index contributed by atoms with van der Waals surface area (Å²) in [5.41, 5.74) is 0.0632. The predicted octanol–water partition coefficient (Wildman–Crippen LogP) is 2.28. The first kappa shape index (κ1) is 11.0. The largest absolute Gasteiger partial charge is 0.370 e. The van der Waals surface area contributed by atoms with Crippen LogP contribution >= 0.6 is 0 Å². The van der Waals surface area contributed by atoms with Crippen LogP contribution in [0.2, 0.25) is 0 Å². The second kappa shape index (κ2) is 3.97. The number of ether oxygens (including phenoxy) is 1. The standard InChI is InChI=1S/C11H23NO/c1-6-11(4,5)13-10-7-12(8-10)9(2)3/h9-10H,6-8H2,1-5H3. The molecule has 1 saturated heterocycles. The third kappa shape index (κ3) is 2.96. The van der Waals surface area contributed by atoms with Gasteiger partial charge in [-0.15, -0.1) is 0 Å². The Kier molecular flexibility index (Phi) is 3.36. The Morgan fingerprint density at radius 3 is 2.31 bits per heavy atom. The molecule has 0 bridgehead atoms. The van der Waals surface area contributed by atoms with Gasteiger partial charge in [0.1, 0.15) is 0 Å². The fraction of sp³-hybridized carbons (Fsp3) is 1.00. The molecule has 1 aliphatic heterocycles. The van der Waals surface area contributed by atoms with E-state index in [1.54, 1.807) is 0 Å². The third-order valence-corrected chi connectivity index (χ3v) is 2.94. The molecule has 2 heteroatoms. The van der Waals surface area contributed by atoms with Gasteiger partial charge in [-0.05, 0) is 34.1 Å². The van der Waals surface area contributed by atoms with E-state index >= 15 is 0 Å². The third-order valence-electron chi connectivity index (χ3n) is 2.94. The minimum atomic E-state index is 0.0632. The zero-order valence-electron chi connectivity index (χ0n) is 9.63. The second-order valence-corrected chi connectivity index (χ2v) is 4.90. The summed E-state index contributed by atoms with van der Waals surface area (Å²) in [5.74, 6) is 0. The maximum absolute atomic E-state index is 5.96. The first-order chi connectivity index (χ1) is 5.94. The lowest BCUT2D eigenvalue weighted by atomic mass is 10.0. The molecular formula is C11H23NO. The number of hydrogen-bond acceptors (Lipinski definition) is 2. The summed E-state index contributed by atoms with van der Waals surface area (Å²) in [4.78, 5) is 2.44. The molecule has 0 spiro atoms. The minimum absolute atomic E-state index is 0.0632. The summed E-state index contributed by atoms with van der Waals surface area (Å²) in [5, 5.41) is 0. The molecular weight excluding hydrogens is 162 g/mol. The fourth-order valence-corrected chi connectivity index (χ4v) is 1.50. The molecule has 78 valence electrons. The predicted molar refractivity (Wildman–Crippen MR) is 56.0 cm³/mol. The van der Waals surface area contributed by atoms with Gasteiger partial charge in [0, 0.05) is 19.1 Å². The molecule has 0 aromatic heterocycles. The summed E-state index contributed by atoms with van der Waals surface area (Å²) in [7, 11) is 0. The second-order valence-electron chi connectivity index (χ2n) is 4.90. The molecule has 0 unspecified atom stereocenters. The maximum atomic E-state index is 5.96. The monoisotopic (exact) mass is 185 g/mol. The van der Waals surface area contributed by atoms with E-state index in [1.165, 1.54) is 0 Å². The van der Waals surface area contributed by atoms with Crippen LogP contribution in [0.25, 0.3) is 0 Å². The molecule has 1 rings (SSSR count). The molecule has 2 nitrogen and oxygen atoms in total. The van der Waals surface area contributed by atoms with Crippen LogP contribution < -0.4 is 0 Å². The molecule has 0 aromatic carbocycles. The van der Waals surface area contributed by atoms with Crippen molar-refractivity contribution >= 4 is 0 Å². The van der Waals surface area contributed by atoms with Gasteiger partial charge in [0.05, 0.1) is 11.7 Å². The van der Waals surface area contributed by atoms with Crippen LogP contribution in [0.1, 0.15) is 41.0 Å². The van der Waals surface area contributed by atoms with Gasteiger partial charge >= 0.3 is 0 Å². The normalized spacial score (nSPS) is 20.8. The van der Waals surface area contributed by atoms with Crippen molar-refractivity contribution in [2.45, 2.75) is 58.8 Å². The molecule has 0 N–H and O–H groups in total. The van der Waals surface area contributed by atoms with Crippen LogP contribution in [-0.2, 0) is 4.74 Å². The molecule has 0 aliphatic carbocycles. The van der Waals surface area contributed by atoms with Crippen molar-refractivity contribution in [3.8, 4) is 0 Å². The zero-order valence-corrected chi connectivity index (χ0v) is 9.63. The summed E-state index contributed by atoms with van der Waals surface area (Å²) in [6, 6.07) is 0.671. The van der Waals surface area contributed by atoms with Gasteiger partial charge in [-0.2, -0.15) is 0 Å². The van der Waals surface area contributed by atoms with Crippen molar-refractivity contribution in [2.75, 3.05) is 13.1 Å². The molecule has 1 heterocycles. The van der Waals surface area contributed by atoms with Gasteiger partial charge in [-0.1, -0.05) is 6.92 Å². The first-order valence-corrected chi connectivity index (χ1v) is 5.36. The van der Waals surface area contributed by atoms with Gasteiger partial charge < -0.3 is 4.74 Å². The number of nitrogens with zero attached hydrogens (tertiary/aromatic N) is 1. The lowest BCUT2D eigenvalue weighted by Crippen LogP contribution is -2.56. The number of rotatable bonds is 4. The van der Waals surface area contributed by atoms with Crippen LogP contribution in [0, 0.1) is 0 Å². The van der Waals surface area contributed by atoms with Gasteiger partial charge in [-0.25, -0.2) is 0 Å². The Morgan fingerprint density at radius 1 is 1.38 bits per heavy atom. The van der Waals surface area contributed by atoms with Crippen LogP contribution in [0.3, 0.4) is 0 Å². The molecule has 0 atom stereocenters. The quantitative estimate of drug-likeness (QED) is 0.666. The van der Waals surface area contributed by atoms with Crippen molar-refractivity contribution in [3.05, 3.63) is 0 Å². The van der Waals surface area contributed by atoms with Crippen molar-refractivity contribution in [2.24, 2.45) is 0 Å². The van der Waals surface area contributed by atoms with Gasteiger partial charge in [0.15, 0.2) is 0 Å². The summed E-state index contributed by atoms with van der Waals surface area (Å²) in [6.45, 7) is 13.2. The highest BCUT2D eigenvalue weighted by Gasteiger charge is 2.32. The Morgan fingerprint density at radius 2 is 1.92 bits per heavy atom. The van der Waals surface area contributed by atoms with E-state index in [2.05, 4.69) is 39.5 Å². The summed E-state index contributed by atoms with van der Waals surface area (Å²) < 4.78 is 5.96. The van der Waals surface area contributed by atoms with Crippen LogP contribution in [-0.4, -0.2) is 35.7 Å². The Hall–Kier alpha value is -0.0800. The van der Waals surface area contributed by atoms with E-state index in [0.717, 1.165) is 19.5 Å². The van der Waals surface area contributed by atoms with Crippen molar-refractivity contribution in [1.82, 2.24) is 4.90 Å². The maximum Gasteiger partial charge on any atom is 0.0836 e. The minimum Gasteiger partial charge on any atom is -0.370 e. The molecule has 0 aromatic rings. The lowest BCUT2D eigenvalue weighted by Gasteiger charge is -2.44. The highest BCUT2D eigenvalue weighted by molar-refractivity contribution is 4.85. The SMILES string of the molecule is CCC(C)(C)OC1CN(C(C)C)C1. The average Bonchev–Trinajstić information content (AvgIpc) is 1.95. The summed E-state index contributed by atoms with van der Waals surface area (Å²) in [6.07, 6.45) is 1.56. The number of likely N-dealkylation sites (tertiary alicyclic amines) is 1. The van der Waals surface area contributed by atoms with Gasteiger partial charge in [0.2, 0.25) is 0 Å². The summed E-state index contributed by atoms with van der Waals surface area (Å²) >= 11 is 0. The molecule has 1 fully saturated rings. The zero-order chi connectivity index (χ0) is 10.1. The fourth-order valence-electron chi connectivity index (χ4n) is 1.50. The molecule has 0 radical (unpaired) electrons. The van der Waals surface area contributed by atoms with Crippen molar-refractivity contribution in [3.63, 3.8) is 0 Å². The van der Waals surface area contributed by atoms with E-state index in [0.29, 0.717) is 12.1 Å². The molecule has 0 saturated carbocycles. The van der Waals surface area contributed by atoms with E-state index in [-0.39, 0.29) is 5.60 Å². The Labute approximate surface area is 82.3 Å². The van der Waals surface area contributed by atoms with Gasteiger partial charge in [-0.3, -0.25) is 4.90 Å². The van der Waals surface area contributed by atoms with Crippen LogP contribution in [0.4, 0.5) is 0 Å². The van der Waals surface area contributed by atoms with Crippen molar-refractivity contribution < 1.29 is 4.74 Å². The van der Waals surface area contributed by atoms with Crippen LogP contribution in [0.5, 0.6) is 0 Å². The average molecular weight is 185 g/mol. The van der Waals surface area contributed by atoms with E-state index in [4.69, 9.17) is 4.74 Å². The Bertz CT molecular complexity index is 159. The van der Waals surface area contributed by atoms with Crippen LogP contribution in [0.15, 0.2) is 0 Å². The lowest BCUT2D eigenvalue weighted by molar-refractivity contribution is -0.139. The molecule has 0 amide bonds. The Balaban J connectivity index is 2.21. The highest BCUT2D eigenvalue weighted by atomic mass is 16.5. The first-order valence-electron chi connectivity index (χ1n) is 5.36. The van der Waals surface area contributed by atoms with Gasteiger partial charge in [0.25, 0.3) is 0 Å². The molecule has 1 aliphatic rings. The molecule has 13 heavy (non-hydrogen) atoms.